The molecular formula is C23H25NO3. The quantitative estimate of drug-likeness (QED) is 0.825. The van der Waals surface area contributed by atoms with E-state index in [0.29, 0.717) is 32.2 Å². The summed E-state index contributed by atoms with van der Waals surface area (Å²) >= 11 is 0. The van der Waals surface area contributed by atoms with Crippen LogP contribution in [-0.2, 0) is 14.9 Å². The lowest BCUT2D eigenvalue weighted by molar-refractivity contribution is -0.0368. The first-order valence-electron chi connectivity index (χ1n) is 9.95. The first-order valence-corrected chi connectivity index (χ1v) is 9.95. The highest BCUT2D eigenvalue weighted by Crippen LogP contribution is 2.62. The number of hydrogen-bond donors (Lipinski definition) is 0. The molecule has 140 valence electrons. The normalized spacial score (nSPS) is 28.0. The molecule has 3 aliphatic rings. The van der Waals surface area contributed by atoms with Crippen LogP contribution in [0, 0.1) is 0 Å². The number of carbonyl (C=O) groups is 1. The third-order valence-corrected chi connectivity index (χ3v) is 6.50. The summed E-state index contributed by atoms with van der Waals surface area (Å²) in [6.07, 6.45) is 1.83. The van der Waals surface area contributed by atoms with Crippen LogP contribution in [0.15, 0.2) is 48.5 Å². The molecule has 0 aromatic heterocycles. The van der Waals surface area contributed by atoms with Crippen LogP contribution in [0.5, 0.6) is 0 Å². The van der Waals surface area contributed by atoms with Gasteiger partial charge in [0.15, 0.2) is 0 Å². The topological polar surface area (TPSA) is 38.8 Å². The van der Waals surface area contributed by atoms with Crippen molar-refractivity contribution < 1.29 is 14.3 Å². The van der Waals surface area contributed by atoms with Gasteiger partial charge in [-0.3, -0.25) is 0 Å². The van der Waals surface area contributed by atoms with E-state index in [0.717, 1.165) is 12.8 Å². The van der Waals surface area contributed by atoms with Crippen molar-refractivity contribution in [3.63, 3.8) is 0 Å². The summed E-state index contributed by atoms with van der Waals surface area (Å²) in [7, 11) is 0. The van der Waals surface area contributed by atoms with E-state index in [-0.39, 0.29) is 17.6 Å². The molecule has 2 aromatic rings. The summed E-state index contributed by atoms with van der Waals surface area (Å²) in [4.78, 5) is 14.0. The fraction of sp³-hybridized carbons (Fsp3) is 0.435. The molecule has 4 nitrogen and oxygen atoms in total. The van der Waals surface area contributed by atoms with Crippen LogP contribution in [-0.4, -0.2) is 43.4 Å². The lowest BCUT2D eigenvalue weighted by atomic mass is 9.71. The smallest absolute Gasteiger partial charge is 0.409 e. The minimum Gasteiger partial charge on any atom is -0.450 e. The third-order valence-electron chi connectivity index (χ3n) is 6.50. The second-order valence-corrected chi connectivity index (χ2v) is 7.86. The predicted octanol–water partition coefficient (Wildman–Crippen LogP) is 4.07. The van der Waals surface area contributed by atoms with Crippen molar-refractivity contribution in [1.29, 1.82) is 0 Å². The van der Waals surface area contributed by atoms with Gasteiger partial charge < -0.3 is 14.4 Å². The number of rotatable bonds is 3. The molecule has 0 saturated carbocycles. The Bertz CT molecular complexity index is 830. The molecule has 1 amide bonds. The lowest BCUT2D eigenvalue weighted by Crippen LogP contribution is -2.48. The average molecular weight is 363 g/mol. The first-order chi connectivity index (χ1) is 13.2. The third kappa shape index (κ3) is 2.50. The van der Waals surface area contributed by atoms with E-state index in [1.54, 1.807) is 4.90 Å². The number of carbonyl (C=O) groups excluding carboxylic acids is 1. The molecule has 1 heterocycles. The standard InChI is InChI=1S/C23H25NO3/c1-2-26-22(25)24-11-12-27-16(15-24)13-23-14-19(17-7-3-5-9-20(17)23)18-8-4-6-10-21(18)23/h3-10,16,19H,2,11-15H2,1H3. The summed E-state index contributed by atoms with van der Waals surface area (Å²) in [5, 5.41) is 0. The summed E-state index contributed by atoms with van der Waals surface area (Å²) in [6.45, 7) is 4.05. The van der Waals surface area contributed by atoms with E-state index in [2.05, 4.69) is 48.5 Å². The molecule has 2 bridgehead atoms. The van der Waals surface area contributed by atoms with E-state index in [4.69, 9.17) is 9.47 Å². The van der Waals surface area contributed by atoms with E-state index in [1.807, 2.05) is 6.92 Å². The fourth-order valence-electron chi connectivity index (χ4n) is 5.49. The highest BCUT2D eigenvalue weighted by molar-refractivity contribution is 5.68. The van der Waals surface area contributed by atoms with Crippen LogP contribution in [0.25, 0.3) is 0 Å². The van der Waals surface area contributed by atoms with Gasteiger partial charge in [-0.1, -0.05) is 48.5 Å². The Morgan fingerprint density at radius 3 is 2.48 bits per heavy atom. The molecule has 1 unspecified atom stereocenters. The molecule has 5 rings (SSSR count). The number of fused-ring (bicyclic) bond motifs is 8. The zero-order valence-corrected chi connectivity index (χ0v) is 15.7. The van der Waals surface area contributed by atoms with Gasteiger partial charge in [-0.05, 0) is 42.0 Å². The van der Waals surface area contributed by atoms with Gasteiger partial charge in [0.05, 0.1) is 25.9 Å². The van der Waals surface area contributed by atoms with Gasteiger partial charge in [-0.2, -0.15) is 0 Å². The van der Waals surface area contributed by atoms with Crippen LogP contribution in [0.2, 0.25) is 0 Å². The minimum atomic E-state index is -0.222. The van der Waals surface area contributed by atoms with Crippen LogP contribution in [0.4, 0.5) is 4.79 Å². The molecule has 1 aliphatic heterocycles. The number of morpholine rings is 1. The van der Waals surface area contributed by atoms with Crippen LogP contribution in [0.1, 0.15) is 47.9 Å². The Labute approximate surface area is 160 Å². The van der Waals surface area contributed by atoms with E-state index in [9.17, 15) is 4.79 Å². The molecular weight excluding hydrogens is 338 g/mol. The molecule has 1 fully saturated rings. The zero-order valence-electron chi connectivity index (χ0n) is 15.7. The molecule has 27 heavy (non-hydrogen) atoms. The van der Waals surface area contributed by atoms with Gasteiger partial charge in [-0.25, -0.2) is 4.79 Å². The SMILES string of the molecule is CCOC(=O)N1CCOC(CC23CC(c4ccccc42)c2ccccc23)C1. The maximum absolute atomic E-state index is 12.2. The molecule has 0 radical (unpaired) electrons. The van der Waals surface area contributed by atoms with Crippen molar-refractivity contribution in [2.75, 3.05) is 26.3 Å². The van der Waals surface area contributed by atoms with Crippen LogP contribution >= 0.6 is 0 Å². The van der Waals surface area contributed by atoms with Gasteiger partial charge >= 0.3 is 6.09 Å². The molecule has 4 heteroatoms. The molecule has 1 atom stereocenters. The first kappa shape index (κ1) is 16.8. The molecule has 2 aromatic carbocycles. The van der Waals surface area contributed by atoms with Gasteiger partial charge in [0.25, 0.3) is 0 Å². The Morgan fingerprint density at radius 1 is 1.15 bits per heavy atom. The Balaban J connectivity index is 1.47. The van der Waals surface area contributed by atoms with Gasteiger partial charge in [0.1, 0.15) is 0 Å². The number of benzene rings is 2. The van der Waals surface area contributed by atoms with Crippen LogP contribution in [0.3, 0.4) is 0 Å². The van der Waals surface area contributed by atoms with Crippen LogP contribution < -0.4 is 0 Å². The predicted molar refractivity (Wildman–Crippen MR) is 103 cm³/mol. The summed E-state index contributed by atoms with van der Waals surface area (Å²) < 4.78 is 11.3. The molecule has 1 saturated heterocycles. The second kappa shape index (κ2) is 6.38. The number of ether oxygens (including phenoxy) is 2. The number of hydrogen-bond acceptors (Lipinski definition) is 3. The van der Waals surface area contributed by atoms with Crippen molar-refractivity contribution in [3.05, 3.63) is 70.8 Å². The van der Waals surface area contributed by atoms with E-state index >= 15 is 0 Å². The maximum Gasteiger partial charge on any atom is 0.409 e. The van der Waals surface area contributed by atoms with Gasteiger partial charge in [0.2, 0.25) is 0 Å². The highest BCUT2D eigenvalue weighted by Gasteiger charge is 2.53. The Morgan fingerprint density at radius 2 is 1.81 bits per heavy atom. The Kier molecular flexibility index (Phi) is 3.97. The largest absolute Gasteiger partial charge is 0.450 e. The van der Waals surface area contributed by atoms with Crippen molar-refractivity contribution in [3.8, 4) is 0 Å². The number of nitrogens with zero attached hydrogens (tertiary/aromatic N) is 1. The van der Waals surface area contributed by atoms with Crippen molar-refractivity contribution in [1.82, 2.24) is 4.90 Å². The van der Waals surface area contributed by atoms with E-state index < -0.39 is 0 Å². The monoisotopic (exact) mass is 363 g/mol. The zero-order chi connectivity index (χ0) is 18.4. The van der Waals surface area contributed by atoms with Crippen molar-refractivity contribution in [2.45, 2.75) is 37.2 Å². The fourth-order valence-corrected chi connectivity index (χ4v) is 5.49. The average Bonchev–Trinajstić information content (AvgIpc) is 3.21. The molecule has 0 spiro atoms. The summed E-state index contributed by atoms with van der Waals surface area (Å²) in [5.74, 6) is 0.488. The Hall–Kier alpha value is -2.33. The summed E-state index contributed by atoms with van der Waals surface area (Å²) in [5.41, 5.74) is 5.83. The highest BCUT2D eigenvalue weighted by atomic mass is 16.6. The lowest BCUT2D eigenvalue weighted by Gasteiger charge is -2.38. The van der Waals surface area contributed by atoms with E-state index in [1.165, 1.54) is 22.3 Å². The molecule has 0 N–H and O–H groups in total. The van der Waals surface area contributed by atoms with Crippen molar-refractivity contribution in [2.24, 2.45) is 0 Å². The second-order valence-electron chi connectivity index (χ2n) is 7.86. The van der Waals surface area contributed by atoms with Gasteiger partial charge in [0, 0.05) is 17.9 Å². The maximum atomic E-state index is 12.2. The van der Waals surface area contributed by atoms with Gasteiger partial charge in [-0.15, -0.1) is 0 Å². The minimum absolute atomic E-state index is 0.000190. The summed E-state index contributed by atoms with van der Waals surface area (Å²) in [6, 6.07) is 17.7. The van der Waals surface area contributed by atoms with Crippen molar-refractivity contribution >= 4 is 6.09 Å². The molecule has 2 aliphatic carbocycles. The number of amides is 1.